The van der Waals surface area contributed by atoms with Crippen LogP contribution in [0.1, 0.15) is 11.1 Å². The molecule has 0 saturated carbocycles. The van der Waals surface area contributed by atoms with E-state index in [1.807, 2.05) is 0 Å². The molecule has 0 aliphatic carbocycles. The zero-order valence-electron chi connectivity index (χ0n) is 11.0. The van der Waals surface area contributed by atoms with E-state index in [2.05, 4.69) is 6.07 Å². The molecule has 0 aromatic heterocycles. The summed E-state index contributed by atoms with van der Waals surface area (Å²) in [5, 5.41) is 10.7. The molecular formula is C16H10Cl3NO. The standard InChI is InChI=1S/C16H10Cl3NO/c1-21-16-14(18)7-10(8-15(16)19)6-12(9-20)11-2-4-13(17)5-3-11/h2-8H,1H3/b12-6+. The minimum absolute atomic E-state index is 0.393. The van der Waals surface area contributed by atoms with Gasteiger partial charge in [-0.15, -0.1) is 0 Å². The molecule has 0 aliphatic heterocycles. The van der Waals surface area contributed by atoms with Crippen LogP contribution in [-0.4, -0.2) is 7.11 Å². The van der Waals surface area contributed by atoms with Crippen LogP contribution in [0.4, 0.5) is 0 Å². The van der Waals surface area contributed by atoms with Crippen LogP contribution in [-0.2, 0) is 0 Å². The van der Waals surface area contributed by atoms with E-state index in [1.54, 1.807) is 42.5 Å². The fourth-order valence-corrected chi connectivity index (χ4v) is 2.62. The topological polar surface area (TPSA) is 33.0 Å². The van der Waals surface area contributed by atoms with Crippen molar-refractivity contribution in [2.45, 2.75) is 0 Å². The molecule has 0 heterocycles. The molecule has 0 saturated heterocycles. The summed E-state index contributed by atoms with van der Waals surface area (Å²) in [6, 6.07) is 12.6. The van der Waals surface area contributed by atoms with Gasteiger partial charge in [0.25, 0.3) is 0 Å². The molecule has 0 bridgehead atoms. The number of allylic oxidation sites excluding steroid dienone is 1. The molecule has 0 radical (unpaired) electrons. The van der Waals surface area contributed by atoms with E-state index < -0.39 is 0 Å². The molecule has 0 fully saturated rings. The van der Waals surface area contributed by atoms with Gasteiger partial charge in [0.05, 0.1) is 28.8 Å². The Morgan fingerprint density at radius 3 is 2.14 bits per heavy atom. The van der Waals surface area contributed by atoms with Gasteiger partial charge >= 0.3 is 0 Å². The second kappa shape index (κ2) is 6.87. The van der Waals surface area contributed by atoms with Crippen LogP contribution in [0.2, 0.25) is 15.1 Å². The second-order valence-electron chi connectivity index (χ2n) is 4.19. The average molecular weight is 339 g/mol. The Kier molecular flexibility index (Phi) is 5.14. The van der Waals surface area contributed by atoms with Crippen molar-refractivity contribution in [3.63, 3.8) is 0 Å². The van der Waals surface area contributed by atoms with Crippen molar-refractivity contribution in [1.29, 1.82) is 5.26 Å². The van der Waals surface area contributed by atoms with Gasteiger partial charge in [0.1, 0.15) is 0 Å². The van der Waals surface area contributed by atoms with E-state index in [4.69, 9.17) is 39.5 Å². The Morgan fingerprint density at radius 2 is 1.67 bits per heavy atom. The van der Waals surface area contributed by atoms with Crippen molar-refractivity contribution < 1.29 is 4.74 Å². The third kappa shape index (κ3) is 3.71. The van der Waals surface area contributed by atoms with Gasteiger partial charge in [0.2, 0.25) is 0 Å². The van der Waals surface area contributed by atoms with E-state index in [0.717, 1.165) is 11.1 Å². The summed E-state index contributed by atoms with van der Waals surface area (Å²) in [7, 11) is 1.50. The smallest absolute Gasteiger partial charge is 0.156 e. The fourth-order valence-electron chi connectivity index (χ4n) is 1.83. The van der Waals surface area contributed by atoms with Crippen molar-refractivity contribution in [3.8, 4) is 11.8 Å². The fraction of sp³-hybridized carbons (Fsp3) is 0.0625. The van der Waals surface area contributed by atoms with Crippen LogP contribution in [0.25, 0.3) is 11.6 Å². The summed E-state index contributed by atoms with van der Waals surface area (Å²) in [5.41, 5.74) is 1.98. The summed E-state index contributed by atoms with van der Waals surface area (Å²) in [6.45, 7) is 0. The van der Waals surface area contributed by atoms with Crippen molar-refractivity contribution in [1.82, 2.24) is 0 Å². The predicted octanol–water partition coefficient (Wildman–Crippen LogP) is 5.72. The van der Waals surface area contributed by atoms with Crippen LogP contribution in [0, 0.1) is 11.3 Å². The number of ether oxygens (including phenoxy) is 1. The number of rotatable bonds is 3. The molecular weight excluding hydrogens is 329 g/mol. The van der Waals surface area contributed by atoms with Crippen molar-refractivity contribution >= 4 is 46.5 Å². The largest absolute Gasteiger partial charge is 0.494 e. The van der Waals surface area contributed by atoms with Crippen molar-refractivity contribution in [3.05, 3.63) is 62.6 Å². The van der Waals surface area contributed by atoms with E-state index in [-0.39, 0.29) is 0 Å². The lowest BCUT2D eigenvalue weighted by Crippen LogP contribution is -1.87. The molecule has 5 heteroatoms. The third-order valence-corrected chi connectivity index (χ3v) is 3.62. The first-order chi connectivity index (χ1) is 10.0. The normalized spacial score (nSPS) is 11.1. The van der Waals surface area contributed by atoms with Gasteiger partial charge in [-0.1, -0.05) is 46.9 Å². The number of hydrogen-bond donors (Lipinski definition) is 0. The number of hydrogen-bond acceptors (Lipinski definition) is 2. The first-order valence-electron chi connectivity index (χ1n) is 5.96. The number of methoxy groups -OCH3 is 1. The molecule has 0 amide bonds. The maximum Gasteiger partial charge on any atom is 0.156 e. The summed E-state index contributed by atoms with van der Waals surface area (Å²) in [4.78, 5) is 0. The van der Waals surface area contributed by atoms with Crippen LogP contribution in [0.5, 0.6) is 5.75 Å². The van der Waals surface area contributed by atoms with Gasteiger partial charge in [0, 0.05) is 5.02 Å². The summed E-state index contributed by atoms with van der Waals surface area (Å²) in [6.07, 6.45) is 1.71. The maximum atomic E-state index is 9.31. The second-order valence-corrected chi connectivity index (χ2v) is 5.45. The van der Waals surface area contributed by atoms with E-state index in [0.29, 0.717) is 26.4 Å². The van der Waals surface area contributed by atoms with E-state index >= 15 is 0 Å². The van der Waals surface area contributed by atoms with Crippen LogP contribution >= 0.6 is 34.8 Å². The SMILES string of the molecule is COc1c(Cl)cc(/C=C(\C#N)c2ccc(Cl)cc2)cc1Cl. The molecule has 2 aromatic carbocycles. The van der Waals surface area contributed by atoms with Gasteiger partial charge in [-0.2, -0.15) is 5.26 Å². The Hall–Kier alpha value is -1.66. The van der Waals surface area contributed by atoms with Gasteiger partial charge in [-0.3, -0.25) is 0 Å². The third-order valence-electron chi connectivity index (χ3n) is 2.81. The maximum absolute atomic E-state index is 9.31. The molecule has 106 valence electrons. The van der Waals surface area contributed by atoms with Gasteiger partial charge < -0.3 is 4.74 Å². The van der Waals surface area contributed by atoms with Gasteiger partial charge in [0.15, 0.2) is 5.75 Å². The van der Waals surface area contributed by atoms with Crippen LogP contribution < -0.4 is 4.74 Å². The van der Waals surface area contributed by atoms with Gasteiger partial charge in [-0.05, 0) is 41.5 Å². The number of halogens is 3. The molecule has 21 heavy (non-hydrogen) atoms. The Balaban J connectivity index is 2.46. The lowest BCUT2D eigenvalue weighted by atomic mass is 10.0. The predicted molar refractivity (Wildman–Crippen MR) is 88.0 cm³/mol. The summed E-state index contributed by atoms with van der Waals surface area (Å²) in [5.74, 6) is 0.417. The number of benzene rings is 2. The molecule has 0 unspecified atom stereocenters. The minimum Gasteiger partial charge on any atom is -0.494 e. The highest BCUT2D eigenvalue weighted by Crippen LogP contribution is 2.35. The monoisotopic (exact) mass is 337 g/mol. The lowest BCUT2D eigenvalue weighted by molar-refractivity contribution is 0.415. The highest BCUT2D eigenvalue weighted by atomic mass is 35.5. The van der Waals surface area contributed by atoms with Crippen molar-refractivity contribution in [2.75, 3.05) is 7.11 Å². The van der Waals surface area contributed by atoms with Crippen molar-refractivity contribution in [2.24, 2.45) is 0 Å². The van der Waals surface area contributed by atoms with E-state index in [1.165, 1.54) is 7.11 Å². The first kappa shape index (κ1) is 15.7. The highest BCUT2D eigenvalue weighted by Gasteiger charge is 2.09. The van der Waals surface area contributed by atoms with Crippen LogP contribution in [0.3, 0.4) is 0 Å². The molecule has 2 rings (SSSR count). The zero-order valence-corrected chi connectivity index (χ0v) is 13.3. The lowest BCUT2D eigenvalue weighted by Gasteiger charge is -2.07. The molecule has 0 spiro atoms. The average Bonchev–Trinajstić information content (AvgIpc) is 2.45. The number of nitriles is 1. The minimum atomic E-state index is 0.393. The Bertz CT molecular complexity index is 707. The molecule has 0 atom stereocenters. The quantitative estimate of drug-likeness (QED) is 0.529. The summed E-state index contributed by atoms with van der Waals surface area (Å²) >= 11 is 18.0. The molecule has 0 aliphatic rings. The number of nitrogens with zero attached hydrogens (tertiary/aromatic N) is 1. The highest BCUT2D eigenvalue weighted by molar-refractivity contribution is 6.37. The Morgan fingerprint density at radius 1 is 1.10 bits per heavy atom. The zero-order chi connectivity index (χ0) is 15.4. The summed E-state index contributed by atoms with van der Waals surface area (Å²) < 4.78 is 5.10. The Labute approximate surface area is 138 Å². The van der Waals surface area contributed by atoms with Crippen LogP contribution in [0.15, 0.2) is 36.4 Å². The molecule has 2 aromatic rings. The van der Waals surface area contributed by atoms with E-state index in [9.17, 15) is 5.26 Å². The van der Waals surface area contributed by atoms with Gasteiger partial charge in [-0.25, -0.2) is 0 Å². The molecule has 2 nitrogen and oxygen atoms in total. The first-order valence-corrected chi connectivity index (χ1v) is 7.09. The molecule has 0 N–H and O–H groups in total.